The van der Waals surface area contributed by atoms with Crippen molar-refractivity contribution in [1.29, 1.82) is 0 Å². The van der Waals surface area contributed by atoms with Crippen LogP contribution in [0.5, 0.6) is 5.75 Å². The lowest BCUT2D eigenvalue weighted by molar-refractivity contribution is 0.0900. The first kappa shape index (κ1) is 25.0. The Bertz CT molecular complexity index is 1200. The summed E-state index contributed by atoms with van der Waals surface area (Å²) >= 11 is 0. The Morgan fingerprint density at radius 1 is 0.971 bits per heavy atom. The quantitative estimate of drug-likeness (QED) is 0.455. The molecule has 1 aliphatic rings. The molecule has 0 aliphatic carbocycles. The maximum absolute atomic E-state index is 12.9. The smallest absolute Gasteiger partial charge is 0.287 e. The fraction of sp³-hybridized carbons (Fsp3) is 0.370. The highest BCUT2D eigenvalue weighted by atomic mass is 32.2. The van der Waals surface area contributed by atoms with Gasteiger partial charge in [0.25, 0.3) is 5.91 Å². The minimum atomic E-state index is -3.82. The van der Waals surface area contributed by atoms with Crippen LogP contribution >= 0.6 is 0 Å². The molecular formula is C27H32N2O5S. The molecule has 7 nitrogen and oxygen atoms in total. The second-order valence-electron chi connectivity index (χ2n) is 8.61. The van der Waals surface area contributed by atoms with Gasteiger partial charge in [0, 0.05) is 6.54 Å². The molecule has 1 N–H and O–H groups in total. The van der Waals surface area contributed by atoms with Crippen LogP contribution in [-0.4, -0.2) is 45.5 Å². The summed E-state index contributed by atoms with van der Waals surface area (Å²) in [6.07, 6.45) is 4.68. The van der Waals surface area contributed by atoms with E-state index < -0.39 is 15.7 Å². The Labute approximate surface area is 207 Å². The lowest BCUT2D eigenvalue weighted by Crippen LogP contribution is -2.38. The Kier molecular flexibility index (Phi) is 8.25. The molecule has 3 aromatic rings. The van der Waals surface area contributed by atoms with Crippen LogP contribution in [0.2, 0.25) is 0 Å². The van der Waals surface area contributed by atoms with Crippen LogP contribution in [-0.2, 0) is 9.84 Å². The third kappa shape index (κ3) is 6.13. The third-order valence-electron chi connectivity index (χ3n) is 6.24. The number of ether oxygens (including phenoxy) is 1. The average molecular weight is 497 g/mol. The predicted molar refractivity (Wildman–Crippen MR) is 133 cm³/mol. The van der Waals surface area contributed by atoms with Crippen LogP contribution in [0.25, 0.3) is 0 Å². The molecular weight excluding hydrogens is 464 g/mol. The normalized spacial score (nSPS) is 15.8. The van der Waals surface area contributed by atoms with Crippen LogP contribution in [0, 0.1) is 0 Å². The van der Waals surface area contributed by atoms with E-state index in [-0.39, 0.29) is 21.8 Å². The van der Waals surface area contributed by atoms with E-state index in [1.165, 1.54) is 37.1 Å². The first-order valence-corrected chi connectivity index (χ1v) is 13.6. The van der Waals surface area contributed by atoms with E-state index in [9.17, 15) is 13.2 Å². The van der Waals surface area contributed by atoms with Crippen LogP contribution in [0.3, 0.4) is 0 Å². The molecule has 186 valence electrons. The minimum absolute atomic E-state index is 0.00443. The molecule has 35 heavy (non-hydrogen) atoms. The number of amides is 1. The zero-order chi connectivity index (χ0) is 24.7. The monoisotopic (exact) mass is 496 g/mol. The van der Waals surface area contributed by atoms with E-state index in [1.54, 1.807) is 18.2 Å². The predicted octanol–water partition coefficient (Wildman–Crippen LogP) is 4.86. The van der Waals surface area contributed by atoms with E-state index in [1.807, 2.05) is 31.2 Å². The number of carbonyl (C=O) groups is 1. The van der Waals surface area contributed by atoms with Gasteiger partial charge in [-0.2, -0.15) is 0 Å². The number of hydrogen-bond donors (Lipinski definition) is 1. The fourth-order valence-corrected chi connectivity index (χ4v) is 5.59. The molecule has 1 atom stereocenters. The lowest BCUT2D eigenvalue weighted by Gasteiger charge is -2.31. The summed E-state index contributed by atoms with van der Waals surface area (Å²) in [5, 5.41) is 2.71. The summed E-state index contributed by atoms with van der Waals surface area (Å²) in [6.45, 7) is 4.88. The van der Waals surface area contributed by atoms with Crippen molar-refractivity contribution in [2.45, 2.75) is 48.6 Å². The number of carbonyl (C=O) groups excluding carboxylic acids is 1. The highest BCUT2D eigenvalue weighted by molar-refractivity contribution is 7.91. The molecule has 1 aliphatic heterocycles. The molecule has 1 fully saturated rings. The first-order valence-electron chi connectivity index (χ1n) is 12.1. The largest absolute Gasteiger partial charge is 0.494 e. The maximum Gasteiger partial charge on any atom is 0.287 e. The molecule has 8 heteroatoms. The van der Waals surface area contributed by atoms with E-state index in [0.29, 0.717) is 13.2 Å². The molecule has 0 radical (unpaired) electrons. The second-order valence-corrected chi connectivity index (χ2v) is 10.5. The van der Waals surface area contributed by atoms with Crippen molar-refractivity contribution in [3.05, 3.63) is 78.1 Å². The van der Waals surface area contributed by atoms with Gasteiger partial charge < -0.3 is 14.5 Å². The summed E-state index contributed by atoms with van der Waals surface area (Å²) in [4.78, 5) is 15.4. The van der Waals surface area contributed by atoms with Crippen LogP contribution in [0.4, 0.5) is 0 Å². The van der Waals surface area contributed by atoms with Gasteiger partial charge >= 0.3 is 0 Å². The Morgan fingerprint density at radius 3 is 2.31 bits per heavy atom. The van der Waals surface area contributed by atoms with Crippen LogP contribution in [0.1, 0.15) is 54.8 Å². The number of hydrogen-bond acceptors (Lipinski definition) is 6. The Morgan fingerprint density at radius 2 is 1.66 bits per heavy atom. The first-order chi connectivity index (χ1) is 17.0. The third-order valence-corrected chi connectivity index (χ3v) is 7.88. The van der Waals surface area contributed by atoms with Gasteiger partial charge in [0.05, 0.1) is 17.5 Å². The molecule has 1 amide bonds. The molecule has 2 heterocycles. The number of rotatable bonds is 9. The number of sulfone groups is 1. The van der Waals surface area contributed by atoms with Crippen molar-refractivity contribution in [2.75, 3.05) is 26.2 Å². The van der Waals surface area contributed by atoms with Gasteiger partial charge in [0.1, 0.15) is 5.75 Å². The highest BCUT2D eigenvalue weighted by Gasteiger charge is 2.25. The zero-order valence-corrected chi connectivity index (χ0v) is 20.8. The fourth-order valence-electron chi connectivity index (χ4n) is 4.40. The lowest BCUT2D eigenvalue weighted by atomic mass is 10.0. The van der Waals surface area contributed by atoms with Crippen molar-refractivity contribution < 1.29 is 22.4 Å². The summed E-state index contributed by atoms with van der Waals surface area (Å²) in [6, 6.07) is 18.8. The van der Waals surface area contributed by atoms with Crippen LogP contribution in [0.15, 0.2) is 81.1 Å². The van der Waals surface area contributed by atoms with Crippen molar-refractivity contribution in [2.24, 2.45) is 0 Å². The average Bonchev–Trinajstić information content (AvgIpc) is 3.24. The molecule has 0 spiro atoms. The molecule has 1 aromatic heterocycles. The molecule has 2 aromatic carbocycles. The SMILES string of the molecule is CCOc1ccc(C(CNC(=O)c2ccc(S(=O)(=O)c3ccccc3)o2)N2CCCCCC2)cc1. The van der Waals surface area contributed by atoms with Crippen molar-refractivity contribution in [3.63, 3.8) is 0 Å². The number of benzene rings is 2. The van der Waals surface area contributed by atoms with E-state index in [2.05, 4.69) is 10.2 Å². The van der Waals surface area contributed by atoms with E-state index >= 15 is 0 Å². The highest BCUT2D eigenvalue weighted by Crippen LogP contribution is 2.26. The van der Waals surface area contributed by atoms with E-state index in [4.69, 9.17) is 9.15 Å². The minimum Gasteiger partial charge on any atom is -0.494 e. The summed E-state index contributed by atoms with van der Waals surface area (Å²) in [5.74, 6) is 0.351. The van der Waals surface area contributed by atoms with Gasteiger partial charge in [-0.15, -0.1) is 0 Å². The molecule has 4 rings (SSSR count). The summed E-state index contributed by atoms with van der Waals surface area (Å²) in [7, 11) is -3.82. The van der Waals surface area contributed by atoms with Gasteiger partial charge in [0.2, 0.25) is 14.9 Å². The van der Waals surface area contributed by atoms with Crippen molar-refractivity contribution in [1.82, 2.24) is 10.2 Å². The van der Waals surface area contributed by atoms with Crippen molar-refractivity contribution >= 4 is 15.7 Å². The second kappa shape index (κ2) is 11.6. The van der Waals surface area contributed by atoms with Crippen LogP contribution < -0.4 is 10.1 Å². The number of nitrogens with one attached hydrogen (secondary N) is 1. The van der Waals surface area contributed by atoms with Crippen molar-refractivity contribution in [3.8, 4) is 5.75 Å². The zero-order valence-electron chi connectivity index (χ0n) is 20.0. The Hall–Kier alpha value is -3.10. The van der Waals surface area contributed by atoms with Gasteiger partial charge in [-0.1, -0.05) is 43.2 Å². The van der Waals surface area contributed by atoms with E-state index in [0.717, 1.165) is 37.2 Å². The summed E-state index contributed by atoms with van der Waals surface area (Å²) < 4.78 is 36.6. The van der Waals surface area contributed by atoms with Gasteiger partial charge in [0.15, 0.2) is 5.76 Å². The van der Waals surface area contributed by atoms with Gasteiger partial charge in [-0.3, -0.25) is 9.69 Å². The molecule has 0 bridgehead atoms. The number of nitrogens with zero attached hydrogens (tertiary/aromatic N) is 1. The standard InChI is InChI=1S/C27H32N2O5S/c1-2-33-22-14-12-21(13-15-22)24(29-18-8-3-4-9-19-29)20-28-27(30)25-16-17-26(34-25)35(31,32)23-10-6-5-7-11-23/h5-7,10-17,24H,2-4,8-9,18-20H2,1H3,(H,28,30). The summed E-state index contributed by atoms with van der Waals surface area (Å²) in [5.41, 5.74) is 1.10. The Balaban J connectivity index is 1.49. The molecule has 1 unspecified atom stereocenters. The topological polar surface area (TPSA) is 88.8 Å². The maximum atomic E-state index is 12.9. The van der Waals surface area contributed by atoms with Gasteiger partial charge in [-0.25, -0.2) is 8.42 Å². The van der Waals surface area contributed by atoms with Gasteiger partial charge in [-0.05, 0) is 74.8 Å². The molecule has 1 saturated heterocycles. The number of furan rings is 1. The number of likely N-dealkylation sites (tertiary alicyclic amines) is 1. The molecule has 0 saturated carbocycles.